The molecule has 0 radical (unpaired) electrons. The summed E-state index contributed by atoms with van der Waals surface area (Å²) in [6.07, 6.45) is 2.51. The van der Waals surface area contributed by atoms with E-state index in [1.54, 1.807) is 4.90 Å². The van der Waals surface area contributed by atoms with E-state index < -0.39 is 11.7 Å². The van der Waals surface area contributed by atoms with E-state index in [2.05, 4.69) is 0 Å². The number of amides is 1. The average molecular weight is 431 g/mol. The van der Waals surface area contributed by atoms with Crippen molar-refractivity contribution in [3.05, 3.63) is 34.9 Å². The Kier molecular flexibility index (Phi) is 9.58. The topological polar surface area (TPSA) is 75.8 Å². The second kappa shape index (κ2) is 11.7. The van der Waals surface area contributed by atoms with Crippen LogP contribution in [0.3, 0.4) is 0 Å². The molecule has 1 aliphatic carbocycles. The number of nitrogens with two attached hydrogens (primary N) is 1. The number of ether oxygens (including phenoxy) is 1. The number of alkyl halides is 3. The van der Waals surface area contributed by atoms with Crippen molar-refractivity contribution in [2.45, 2.75) is 63.7 Å². The van der Waals surface area contributed by atoms with Gasteiger partial charge in [0, 0.05) is 45.4 Å². The summed E-state index contributed by atoms with van der Waals surface area (Å²) in [5, 5.41) is 7.00. The van der Waals surface area contributed by atoms with Crippen LogP contribution < -0.4 is 5.73 Å². The summed E-state index contributed by atoms with van der Waals surface area (Å²) < 4.78 is 43.5. The molecule has 1 aromatic rings. The van der Waals surface area contributed by atoms with Gasteiger partial charge in [0.1, 0.15) is 0 Å². The zero-order chi connectivity index (χ0) is 22.1. The van der Waals surface area contributed by atoms with Crippen LogP contribution >= 0.6 is 0 Å². The van der Waals surface area contributed by atoms with Gasteiger partial charge >= 0.3 is 6.18 Å². The number of nitrogens with zero attached hydrogens (tertiary/aromatic N) is 1. The molecular formula is C22H33F3N2O3. The van der Waals surface area contributed by atoms with Gasteiger partial charge in [-0.3, -0.25) is 4.79 Å². The minimum atomic E-state index is -4.35. The molecule has 1 saturated carbocycles. The largest absolute Gasteiger partial charge is 0.416 e. The van der Waals surface area contributed by atoms with Gasteiger partial charge in [0.15, 0.2) is 0 Å². The quantitative estimate of drug-likeness (QED) is 0.715. The number of benzene rings is 1. The Hall–Kier alpha value is -1.64. The molecule has 2 unspecified atom stereocenters. The lowest BCUT2D eigenvalue weighted by Crippen LogP contribution is -2.39. The van der Waals surface area contributed by atoms with Crippen molar-refractivity contribution in [1.82, 2.24) is 4.90 Å². The molecule has 2 fully saturated rings. The van der Waals surface area contributed by atoms with E-state index in [-0.39, 0.29) is 24.4 Å². The molecule has 0 bridgehead atoms. The van der Waals surface area contributed by atoms with Crippen LogP contribution in [0.5, 0.6) is 0 Å². The number of rotatable bonds is 1. The molecule has 2 atom stereocenters. The van der Waals surface area contributed by atoms with E-state index in [9.17, 15) is 18.0 Å². The number of carbonyl (C=O) groups is 1. The standard InChI is InChI=1S/C16H19F3N2O.C5H10O.CH4O/c17-16(18,19)13-3-1-10-5-6-21(9-12(10)7-13)15(22)11-2-4-14(20)8-11;1-2-4-6-5-3-1;1-2/h1,3,7,11,14H,2,4-6,8-9,20H2;1-5H2;2H,1H3. The number of carbonyl (C=O) groups excluding carboxylic acids is 1. The highest BCUT2D eigenvalue weighted by atomic mass is 19.4. The van der Waals surface area contributed by atoms with Gasteiger partial charge in [0.05, 0.1) is 5.56 Å². The molecule has 1 saturated heterocycles. The van der Waals surface area contributed by atoms with Gasteiger partial charge in [0.25, 0.3) is 0 Å². The van der Waals surface area contributed by atoms with Crippen molar-refractivity contribution in [1.29, 1.82) is 0 Å². The summed E-state index contributed by atoms with van der Waals surface area (Å²) >= 11 is 0. The van der Waals surface area contributed by atoms with Gasteiger partial charge in [0.2, 0.25) is 5.91 Å². The van der Waals surface area contributed by atoms with E-state index in [4.69, 9.17) is 15.6 Å². The summed E-state index contributed by atoms with van der Waals surface area (Å²) in [7, 11) is 1.00. The van der Waals surface area contributed by atoms with Crippen molar-refractivity contribution < 1.29 is 27.8 Å². The molecule has 0 aromatic heterocycles. The van der Waals surface area contributed by atoms with E-state index in [1.165, 1.54) is 31.4 Å². The number of hydrogen-bond acceptors (Lipinski definition) is 4. The smallest absolute Gasteiger partial charge is 0.400 e. The Balaban J connectivity index is 0.000000340. The van der Waals surface area contributed by atoms with Crippen molar-refractivity contribution in [3.63, 3.8) is 0 Å². The lowest BCUT2D eigenvalue weighted by atomic mass is 9.95. The second-order valence-electron chi connectivity index (χ2n) is 7.93. The molecule has 2 aliphatic heterocycles. The fraction of sp³-hybridized carbons (Fsp3) is 0.682. The third kappa shape index (κ3) is 6.96. The minimum Gasteiger partial charge on any atom is -0.400 e. The molecule has 3 N–H and O–H groups in total. The molecular weight excluding hydrogens is 397 g/mol. The molecule has 8 heteroatoms. The van der Waals surface area contributed by atoms with Gasteiger partial charge in [-0.05, 0) is 68.2 Å². The van der Waals surface area contributed by atoms with Crippen molar-refractivity contribution in [3.8, 4) is 0 Å². The van der Waals surface area contributed by atoms with Crippen molar-refractivity contribution in [2.75, 3.05) is 26.9 Å². The molecule has 0 spiro atoms. The second-order valence-corrected chi connectivity index (χ2v) is 7.93. The van der Waals surface area contributed by atoms with Gasteiger partial charge in [-0.25, -0.2) is 0 Å². The molecule has 170 valence electrons. The summed E-state index contributed by atoms with van der Waals surface area (Å²) in [5.41, 5.74) is 6.70. The number of aliphatic hydroxyl groups is 1. The van der Waals surface area contributed by atoms with Crippen LogP contribution in [0.1, 0.15) is 55.2 Å². The Morgan fingerprint density at radius 2 is 1.83 bits per heavy atom. The third-order valence-electron chi connectivity index (χ3n) is 5.76. The van der Waals surface area contributed by atoms with Crippen LogP contribution in [0.15, 0.2) is 18.2 Å². The Morgan fingerprint density at radius 1 is 1.13 bits per heavy atom. The first-order valence-corrected chi connectivity index (χ1v) is 10.6. The van der Waals surface area contributed by atoms with E-state index in [0.717, 1.165) is 44.8 Å². The van der Waals surface area contributed by atoms with Crippen LogP contribution in [0, 0.1) is 5.92 Å². The highest BCUT2D eigenvalue weighted by Gasteiger charge is 2.34. The lowest BCUT2D eigenvalue weighted by Gasteiger charge is -2.31. The number of halogens is 3. The van der Waals surface area contributed by atoms with Crippen LogP contribution in [0.2, 0.25) is 0 Å². The fourth-order valence-electron chi connectivity index (χ4n) is 4.11. The molecule has 2 heterocycles. The van der Waals surface area contributed by atoms with E-state index in [1.807, 2.05) is 0 Å². The Bertz CT molecular complexity index is 667. The maximum Gasteiger partial charge on any atom is 0.416 e. The zero-order valence-corrected chi connectivity index (χ0v) is 17.6. The number of hydrogen-bond donors (Lipinski definition) is 2. The predicted molar refractivity (Wildman–Crippen MR) is 109 cm³/mol. The monoisotopic (exact) mass is 430 g/mol. The third-order valence-corrected chi connectivity index (χ3v) is 5.76. The fourth-order valence-corrected chi connectivity index (χ4v) is 4.11. The normalized spacial score (nSPS) is 23.5. The molecule has 1 aromatic carbocycles. The molecule has 5 nitrogen and oxygen atoms in total. The van der Waals surface area contributed by atoms with Crippen LogP contribution in [-0.4, -0.2) is 48.8 Å². The minimum absolute atomic E-state index is 0.0380. The zero-order valence-electron chi connectivity index (χ0n) is 17.6. The lowest BCUT2D eigenvalue weighted by molar-refractivity contribution is -0.137. The predicted octanol–water partition coefficient (Wildman–Crippen LogP) is 3.51. The van der Waals surface area contributed by atoms with E-state index >= 15 is 0 Å². The summed E-state index contributed by atoms with van der Waals surface area (Å²) in [6.45, 7) is 2.84. The van der Waals surface area contributed by atoms with Gasteiger partial charge < -0.3 is 20.5 Å². The molecule has 4 rings (SSSR count). The SMILES string of the molecule is C1CCOCC1.CO.NC1CCC(C(=O)N2CCc3ccc(C(F)(F)F)cc3C2)C1. The van der Waals surface area contributed by atoms with E-state index in [0.29, 0.717) is 24.9 Å². The average Bonchev–Trinajstić information content (AvgIpc) is 3.21. The number of aliphatic hydroxyl groups excluding tert-OH is 1. The maximum atomic E-state index is 12.8. The highest BCUT2D eigenvalue weighted by Crippen LogP contribution is 2.33. The van der Waals surface area contributed by atoms with Gasteiger partial charge in [-0.2, -0.15) is 13.2 Å². The Morgan fingerprint density at radius 3 is 2.33 bits per heavy atom. The Labute approximate surface area is 176 Å². The summed E-state index contributed by atoms with van der Waals surface area (Å²) in [6, 6.07) is 3.90. The van der Waals surface area contributed by atoms with Gasteiger partial charge in [-0.1, -0.05) is 6.07 Å². The maximum absolute atomic E-state index is 12.8. The molecule has 1 amide bonds. The van der Waals surface area contributed by atoms with Crippen LogP contribution in [-0.2, 0) is 28.7 Å². The molecule has 30 heavy (non-hydrogen) atoms. The first kappa shape index (κ1) is 24.6. The van der Waals surface area contributed by atoms with Crippen LogP contribution in [0.4, 0.5) is 13.2 Å². The first-order valence-electron chi connectivity index (χ1n) is 10.6. The number of fused-ring (bicyclic) bond motifs is 1. The van der Waals surface area contributed by atoms with Gasteiger partial charge in [-0.15, -0.1) is 0 Å². The van der Waals surface area contributed by atoms with Crippen molar-refractivity contribution >= 4 is 5.91 Å². The van der Waals surface area contributed by atoms with Crippen molar-refractivity contribution in [2.24, 2.45) is 11.7 Å². The highest BCUT2D eigenvalue weighted by molar-refractivity contribution is 5.79. The molecule has 3 aliphatic rings. The van der Waals surface area contributed by atoms with Crippen LogP contribution in [0.25, 0.3) is 0 Å². The first-order chi connectivity index (χ1) is 14.3. The summed E-state index contributed by atoms with van der Waals surface area (Å²) in [5.74, 6) is -0.0293. The summed E-state index contributed by atoms with van der Waals surface area (Å²) in [4.78, 5) is 14.2.